The number of benzene rings is 1. The van der Waals surface area contributed by atoms with Crippen LogP contribution >= 0.6 is 11.6 Å². The first-order valence-corrected chi connectivity index (χ1v) is 10.6. The number of amides is 2. The minimum atomic E-state index is -0.548. The Kier molecular flexibility index (Phi) is 5.26. The van der Waals surface area contributed by atoms with Crippen LogP contribution in [-0.2, 0) is 24.9 Å². The summed E-state index contributed by atoms with van der Waals surface area (Å²) in [5.74, 6) is -0.0585. The molecule has 0 bridgehead atoms. The summed E-state index contributed by atoms with van der Waals surface area (Å²) in [6.45, 7) is 7.25. The van der Waals surface area contributed by atoms with E-state index in [1.807, 2.05) is 32.9 Å². The number of hydrogen-bond acceptors (Lipinski definition) is 4. The van der Waals surface area contributed by atoms with Crippen LogP contribution in [0.5, 0.6) is 0 Å². The third kappa shape index (κ3) is 4.03. The molecular formula is C22H27ClN4O3. The summed E-state index contributed by atoms with van der Waals surface area (Å²) in [5.41, 5.74) is 3.15. The van der Waals surface area contributed by atoms with Crippen molar-refractivity contribution in [2.24, 2.45) is 7.05 Å². The summed E-state index contributed by atoms with van der Waals surface area (Å²) in [5, 5.41) is 4.72. The Morgan fingerprint density at radius 2 is 2.00 bits per heavy atom. The molecule has 2 amide bonds. The monoisotopic (exact) mass is 430 g/mol. The van der Waals surface area contributed by atoms with Crippen molar-refractivity contribution < 1.29 is 14.3 Å². The lowest BCUT2D eigenvalue weighted by atomic mass is 9.96. The fraction of sp³-hybridized carbons (Fsp3) is 0.500. The summed E-state index contributed by atoms with van der Waals surface area (Å²) in [7, 11) is 1.79. The van der Waals surface area contributed by atoms with Crippen molar-refractivity contribution in [3.05, 3.63) is 51.8 Å². The highest BCUT2D eigenvalue weighted by Gasteiger charge is 2.37. The van der Waals surface area contributed by atoms with Crippen LogP contribution in [0.25, 0.3) is 0 Å². The molecule has 3 heterocycles. The number of ether oxygens (including phenoxy) is 1. The standard InChI is InChI=1S/C22H27ClN4O3/c1-22(2,3)30-21(29)27-7-5-6-19(27)17-9-16(23)8-14-12-26(13-18(14)17)20(28)15-10-24-25(4)11-15/h8-11,19H,5-7,12-13H2,1-4H3/t19-/m0/s1. The SMILES string of the molecule is Cn1cc(C(=O)N2Cc3cc(Cl)cc([C@@H]4CCCN4C(=O)OC(C)(C)C)c3C2)cn1. The van der Waals surface area contributed by atoms with Crippen LogP contribution in [0.3, 0.4) is 0 Å². The molecule has 0 radical (unpaired) electrons. The maximum absolute atomic E-state index is 12.9. The molecule has 2 aliphatic heterocycles. The average Bonchev–Trinajstić information content (AvgIpc) is 3.37. The van der Waals surface area contributed by atoms with Crippen LogP contribution in [0.1, 0.15) is 66.7 Å². The number of nitrogens with zero attached hydrogens (tertiary/aromatic N) is 4. The molecule has 2 aliphatic rings. The third-order valence-corrected chi connectivity index (χ3v) is 5.75. The van der Waals surface area contributed by atoms with Gasteiger partial charge in [0.25, 0.3) is 5.91 Å². The van der Waals surface area contributed by atoms with E-state index in [0.29, 0.717) is 30.2 Å². The molecule has 8 heteroatoms. The van der Waals surface area contributed by atoms with E-state index in [-0.39, 0.29) is 18.0 Å². The number of likely N-dealkylation sites (tertiary alicyclic amines) is 1. The zero-order valence-corrected chi connectivity index (χ0v) is 18.6. The first-order valence-electron chi connectivity index (χ1n) is 10.2. The Balaban J connectivity index is 1.61. The normalized spacial score (nSPS) is 18.6. The quantitative estimate of drug-likeness (QED) is 0.712. The van der Waals surface area contributed by atoms with Crippen molar-refractivity contribution in [3.8, 4) is 0 Å². The molecule has 160 valence electrons. The van der Waals surface area contributed by atoms with Gasteiger partial charge in [-0.3, -0.25) is 9.48 Å². The van der Waals surface area contributed by atoms with Crippen LogP contribution < -0.4 is 0 Å². The van der Waals surface area contributed by atoms with Gasteiger partial charge in [0.15, 0.2) is 0 Å². The number of rotatable bonds is 2. The minimum Gasteiger partial charge on any atom is -0.444 e. The summed E-state index contributed by atoms with van der Waals surface area (Å²) in [4.78, 5) is 29.3. The highest BCUT2D eigenvalue weighted by Crippen LogP contribution is 2.40. The Morgan fingerprint density at radius 3 is 2.67 bits per heavy atom. The molecule has 1 fully saturated rings. The van der Waals surface area contributed by atoms with Crippen molar-refractivity contribution in [1.82, 2.24) is 19.6 Å². The highest BCUT2D eigenvalue weighted by molar-refractivity contribution is 6.30. The van der Waals surface area contributed by atoms with Gasteiger partial charge in [0.2, 0.25) is 0 Å². The number of halogens is 1. The number of aromatic nitrogens is 2. The second-order valence-corrected chi connectivity index (χ2v) is 9.46. The van der Waals surface area contributed by atoms with Gasteiger partial charge in [-0.25, -0.2) is 4.79 Å². The van der Waals surface area contributed by atoms with Gasteiger partial charge in [-0.05, 0) is 62.4 Å². The Hall–Kier alpha value is -2.54. The van der Waals surface area contributed by atoms with Crippen molar-refractivity contribution in [2.45, 2.75) is 58.3 Å². The van der Waals surface area contributed by atoms with Gasteiger partial charge in [-0.15, -0.1) is 0 Å². The molecule has 0 N–H and O–H groups in total. The molecule has 7 nitrogen and oxygen atoms in total. The fourth-order valence-electron chi connectivity index (χ4n) is 4.29. The number of carbonyl (C=O) groups is 2. The molecule has 2 aromatic rings. The van der Waals surface area contributed by atoms with Crippen LogP contribution in [-0.4, -0.2) is 43.7 Å². The molecule has 1 atom stereocenters. The van der Waals surface area contributed by atoms with Gasteiger partial charge in [-0.2, -0.15) is 5.10 Å². The van der Waals surface area contributed by atoms with Crippen LogP contribution in [0.4, 0.5) is 4.79 Å². The van der Waals surface area contributed by atoms with E-state index in [0.717, 1.165) is 29.5 Å². The van der Waals surface area contributed by atoms with Gasteiger partial charge in [0.1, 0.15) is 5.60 Å². The lowest BCUT2D eigenvalue weighted by Crippen LogP contribution is -2.36. The predicted molar refractivity (Wildman–Crippen MR) is 113 cm³/mol. The third-order valence-electron chi connectivity index (χ3n) is 5.53. The van der Waals surface area contributed by atoms with Gasteiger partial charge < -0.3 is 14.5 Å². The topological polar surface area (TPSA) is 67.7 Å². The number of fused-ring (bicyclic) bond motifs is 1. The summed E-state index contributed by atoms with van der Waals surface area (Å²) < 4.78 is 7.24. The summed E-state index contributed by atoms with van der Waals surface area (Å²) in [6.07, 6.45) is 4.76. The maximum atomic E-state index is 12.9. The minimum absolute atomic E-state index is 0.0585. The number of carbonyl (C=O) groups excluding carboxylic acids is 2. The van der Waals surface area contributed by atoms with E-state index in [2.05, 4.69) is 5.10 Å². The molecule has 0 spiro atoms. The second-order valence-electron chi connectivity index (χ2n) is 9.03. The average molecular weight is 431 g/mol. The first-order chi connectivity index (χ1) is 14.1. The summed E-state index contributed by atoms with van der Waals surface area (Å²) >= 11 is 6.44. The number of aryl methyl sites for hydroxylation is 1. The van der Waals surface area contributed by atoms with Crippen LogP contribution in [0.2, 0.25) is 5.02 Å². The maximum Gasteiger partial charge on any atom is 0.410 e. The summed E-state index contributed by atoms with van der Waals surface area (Å²) in [6, 6.07) is 3.76. The van der Waals surface area contributed by atoms with Crippen LogP contribution in [0.15, 0.2) is 24.5 Å². The number of hydrogen-bond donors (Lipinski definition) is 0. The molecule has 1 aromatic carbocycles. The van der Waals surface area contributed by atoms with Gasteiger partial charge in [0.05, 0.1) is 17.8 Å². The zero-order valence-electron chi connectivity index (χ0n) is 17.8. The predicted octanol–water partition coefficient (Wildman–Crippen LogP) is 4.30. The van der Waals surface area contributed by atoms with E-state index >= 15 is 0 Å². The molecule has 0 unspecified atom stereocenters. The van der Waals surface area contributed by atoms with E-state index in [9.17, 15) is 9.59 Å². The molecule has 4 rings (SSSR count). The lowest BCUT2D eigenvalue weighted by molar-refractivity contribution is 0.0223. The van der Waals surface area contributed by atoms with Crippen molar-refractivity contribution >= 4 is 23.6 Å². The molecule has 1 aromatic heterocycles. The molecular weight excluding hydrogens is 404 g/mol. The van der Waals surface area contributed by atoms with Crippen molar-refractivity contribution in [3.63, 3.8) is 0 Å². The smallest absolute Gasteiger partial charge is 0.410 e. The Bertz CT molecular complexity index is 995. The fourth-order valence-corrected chi connectivity index (χ4v) is 4.54. The molecule has 1 saturated heterocycles. The molecule has 0 saturated carbocycles. The zero-order chi connectivity index (χ0) is 21.6. The van der Waals surface area contributed by atoms with E-state index < -0.39 is 5.60 Å². The van der Waals surface area contributed by atoms with E-state index in [1.165, 1.54) is 0 Å². The highest BCUT2D eigenvalue weighted by atomic mass is 35.5. The van der Waals surface area contributed by atoms with Crippen molar-refractivity contribution in [1.29, 1.82) is 0 Å². The van der Waals surface area contributed by atoms with Crippen LogP contribution in [0, 0.1) is 0 Å². The lowest BCUT2D eigenvalue weighted by Gasteiger charge is -2.30. The Morgan fingerprint density at radius 1 is 1.23 bits per heavy atom. The second kappa shape index (κ2) is 7.61. The van der Waals surface area contributed by atoms with Gasteiger partial charge in [0, 0.05) is 37.9 Å². The van der Waals surface area contributed by atoms with Gasteiger partial charge in [-0.1, -0.05) is 11.6 Å². The van der Waals surface area contributed by atoms with Crippen molar-refractivity contribution in [2.75, 3.05) is 6.54 Å². The van der Waals surface area contributed by atoms with Gasteiger partial charge >= 0.3 is 6.09 Å². The van der Waals surface area contributed by atoms with E-state index in [4.69, 9.17) is 16.3 Å². The van der Waals surface area contributed by atoms with E-state index in [1.54, 1.807) is 33.9 Å². The largest absolute Gasteiger partial charge is 0.444 e. The molecule has 30 heavy (non-hydrogen) atoms. The Labute approximate surface area is 181 Å². The first kappa shape index (κ1) is 20.7. The molecule has 0 aliphatic carbocycles.